The fraction of sp³-hybridized carbons (Fsp3) is 0.294. The molecule has 1 saturated carbocycles. The predicted octanol–water partition coefficient (Wildman–Crippen LogP) is 5.90. The average molecular weight is 351 g/mol. The first-order chi connectivity index (χ1) is 9.65. The lowest BCUT2D eigenvalue weighted by molar-refractivity contribution is 1.03. The Morgan fingerprint density at radius 2 is 2.00 bits per heavy atom. The van der Waals surface area contributed by atoms with E-state index in [-0.39, 0.29) is 0 Å². The third-order valence-electron chi connectivity index (χ3n) is 3.79. The van der Waals surface area contributed by atoms with Crippen LogP contribution in [-0.4, -0.2) is 0 Å². The minimum atomic E-state index is 0.776. The maximum absolute atomic E-state index is 6.20. The van der Waals surface area contributed by atoms with E-state index in [4.69, 9.17) is 11.6 Å². The van der Waals surface area contributed by atoms with Gasteiger partial charge in [-0.05, 0) is 70.4 Å². The van der Waals surface area contributed by atoms with Gasteiger partial charge >= 0.3 is 0 Å². The molecule has 0 atom stereocenters. The number of benzene rings is 2. The number of halogens is 2. The molecule has 0 bridgehead atoms. The van der Waals surface area contributed by atoms with Gasteiger partial charge in [0.1, 0.15) is 0 Å². The van der Waals surface area contributed by atoms with Gasteiger partial charge in [-0.25, -0.2) is 0 Å². The molecule has 1 fully saturated rings. The van der Waals surface area contributed by atoms with E-state index in [9.17, 15) is 0 Å². The largest absolute Gasteiger partial charge is 0.380 e. The van der Waals surface area contributed by atoms with Gasteiger partial charge in [-0.15, -0.1) is 0 Å². The Morgan fingerprint density at radius 1 is 1.25 bits per heavy atom. The summed E-state index contributed by atoms with van der Waals surface area (Å²) in [5, 5.41) is 4.29. The van der Waals surface area contributed by atoms with Crippen LogP contribution in [0.1, 0.15) is 35.4 Å². The zero-order valence-electron chi connectivity index (χ0n) is 11.4. The van der Waals surface area contributed by atoms with Crippen molar-refractivity contribution in [2.45, 2.75) is 32.2 Å². The molecule has 3 heteroatoms. The zero-order valence-corrected chi connectivity index (χ0v) is 13.8. The van der Waals surface area contributed by atoms with E-state index in [0.29, 0.717) is 0 Å². The van der Waals surface area contributed by atoms with Crippen LogP contribution in [0.4, 0.5) is 5.69 Å². The second kappa shape index (κ2) is 5.79. The molecule has 104 valence electrons. The Bertz CT molecular complexity index is 635. The van der Waals surface area contributed by atoms with Crippen molar-refractivity contribution >= 4 is 33.2 Å². The Hall–Kier alpha value is -0.990. The molecule has 0 aromatic heterocycles. The highest BCUT2D eigenvalue weighted by Crippen LogP contribution is 2.41. The first-order valence-corrected chi connectivity index (χ1v) is 8.09. The Morgan fingerprint density at radius 3 is 2.75 bits per heavy atom. The van der Waals surface area contributed by atoms with Crippen LogP contribution >= 0.6 is 27.5 Å². The van der Waals surface area contributed by atoms with E-state index >= 15 is 0 Å². The van der Waals surface area contributed by atoms with E-state index in [1.807, 2.05) is 13.0 Å². The molecule has 0 radical (unpaired) electrons. The van der Waals surface area contributed by atoms with E-state index in [1.165, 1.54) is 24.0 Å². The van der Waals surface area contributed by atoms with Crippen LogP contribution in [-0.2, 0) is 6.54 Å². The van der Waals surface area contributed by atoms with Gasteiger partial charge in [-0.3, -0.25) is 0 Å². The van der Waals surface area contributed by atoms with E-state index in [0.717, 1.165) is 33.2 Å². The van der Waals surface area contributed by atoms with Crippen molar-refractivity contribution in [3.8, 4) is 0 Å². The summed E-state index contributed by atoms with van der Waals surface area (Å²) in [4.78, 5) is 0. The predicted molar refractivity (Wildman–Crippen MR) is 89.6 cm³/mol. The third-order valence-corrected chi connectivity index (χ3v) is 4.85. The fourth-order valence-corrected chi connectivity index (χ4v) is 3.22. The number of aryl methyl sites for hydroxylation is 1. The van der Waals surface area contributed by atoms with E-state index in [2.05, 4.69) is 51.6 Å². The van der Waals surface area contributed by atoms with Crippen LogP contribution in [0.3, 0.4) is 0 Å². The number of anilines is 1. The lowest BCUT2D eigenvalue weighted by Gasteiger charge is -2.13. The van der Waals surface area contributed by atoms with Gasteiger partial charge < -0.3 is 5.32 Å². The summed E-state index contributed by atoms with van der Waals surface area (Å²) in [5.41, 5.74) is 5.02. The summed E-state index contributed by atoms with van der Waals surface area (Å²) >= 11 is 9.79. The molecule has 2 aromatic carbocycles. The molecule has 0 spiro atoms. The van der Waals surface area contributed by atoms with Crippen molar-refractivity contribution in [2.75, 3.05) is 5.32 Å². The van der Waals surface area contributed by atoms with Crippen molar-refractivity contribution in [2.24, 2.45) is 0 Å². The van der Waals surface area contributed by atoms with Crippen LogP contribution < -0.4 is 5.32 Å². The van der Waals surface area contributed by atoms with E-state index < -0.39 is 0 Å². The van der Waals surface area contributed by atoms with E-state index in [1.54, 1.807) is 0 Å². The molecule has 1 N–H and O–H groups in total. The first-order valence-electron chi connectivity index (χ1n) is 6.92. The monoisotopic (exact) mass is 349 g/mol. The lowest BCUT2D eigenvalue weighted by atomic mass is 10.0. The van der Waals surface area contributed by atoms with Crippen LogP contribution in [0.25, 0.3) is 0 Å². The average Bonchev–Trinajstić information content (AvgIpc) is 3.26. The van der Waals surface area contributed by atoms with Crippen molar-refractivity contribution in [1.29, 1.82) is 0 Å². The zero-order chi connectivity index (χ0) is 14.1. The molecular formula is C17H17BrClN. The molecule has 20 heavy (non-hydrogen) atoms. The number of nitrogens with one attached hydrogen (secondary N) is 1. The molecule has 0 aliphatic heterocycles. The second-order valence-corrected chi connectivity index (χ2v) is 6.67. The Balaban J connectivity index is 1.78. The van der Waals surface area contributed by atoms with Crippen LogP contribution in [0.5, 0.6) is 0 Å². The molecule has 1 nitrogen and oxygen atoms in total. The first kappa shape index (κ1) is 14.0. The van der Waals surface area contributed by atoms with Crippen LogP contribution in [0.15, 0.2) is 40.9 Å². The Labute approximate surface area is 133 Å². The fourth-order valence-electron chi connectivity index (χ4n) is 2.46. The summed E-state index contributed by atoms with van der Waals surface area (Å²) in [6, 6.07) is 12.8. The van der Waals surface area contributed by atoms with Crippen molar-refractivity contribution < 1.29 is 0 Å². The van der Waals surface area contributed by atoms with Gasteiger partial charge in [0.25, 0.3) is 0 Å². The minimum Gasteiger partial charge on any atom is -0.380 e. The van der Waals surface area contributed by atoms with Crippen LogP contribution in [0, 0.1) is 6.92 Å². The molecule has 0 saturated heterocycles. The molecule has 0 unspecified atom stereocenters. The highest BCUT2D eigenvalue weighted by Gasteiger charge is 2.25. The summed E-state index contributed by atoms with van der Waals surface area (Å²) in [6.07, 6.45) is 2.66. The second-order valence-electron chi connectivity index (χ2n) is 5.41. The minimum absolute atomic E-state index is 0.776. The summed E-state index contributed by atoms with van der Waals surface area (Å²) in [7, 11) is 0. The topological polar surface area (TPSA) is 12.0 Å². The molecule has 0 amide bonds. The maximum Gasteiger partial charge on any atom is 0.0502 e. The van der Waals surface area contributed by atoms with Crippen molar-refractivity contribution in [3.05, 3.63) is 62.6 Å². The van der Waals surface area contributed by atoms with Gasteiger partial charge in [0.2, 0.25) is 0 Å². The number of hydrogen-bond donors (Lipinski definition) is 1. The Kier molecular flexibility index (Phi) is 4.04. The third kappa shape index (κ3) is 3.02. The van der Waals surface area contributed by atoms with Crippen molar-refractivity contribution in [1.82, 2.24) is 0 Å². The number of hydrogen-bond acceptors (Lipinski definition) is 1. The quantitative estimate of drug-likeness (QED) is 0.723. The van der Waals surface area contributed by atoms with Crippen molar-refractivity contribution in [3.63, 3.8) is 0 Å². The molecule has 1 aliphatic carbocycles. The van der Waals surface area contributed by atoms with Gasteiger partial charge in [0.15, 0.2) is 0 Å². The van der Waals surface area contributed by atoms with Gasteiger partial charge in [-0.1, -0.05) is 35.9 Å². The molecule has 1 aliphatic rings. The SMILES string of the molecule is Cc1cc(Br)c(NCc2ccccc2C2CC2)cc1Cl. The molecule has 0 heterocycles. The smallest absolute Gasteiger partial charge is 0.0502 e. The van der Waals surface area contributed by atoms with Crippen LogP contribution in [0.2, 0.25) is 5.02 Å². The molecule has 3 rings (SSSR count). The van der Waals surface area contributed by atoms with Gasteiger partial charge in [0.05, 0.1) is 5.69 Å². The summed E-state index contributed by atoms with van der Waals surface area (Å²) in [6.45, 7) is 2.85. The lowest BCUT2D eigenvalue weighted by Crippen LogP contribution is -2.03. The highest BCUT2D eigenvalue weighted by atomic mass is 79.9. The highest BCUT2D eigenvalue weighted by molar-refractivity contribution is 9.10. The summed E-state index contributed by atoms with van der Waals surface area (Å²) < 4.78 is 1.06. The maximum atomic E-state index is 6.20. The molecular weight excluding hydrogens is 334 g/mol. The van der Waals surface area contributed by atoms with Gasteiger partial charge in [0, 0.05) is 16.0 Å². The standard InChI is InChI=1S/C17H17BrClN/c1-11-8-15(18)17(9-16(11)19)20-10-13-4-2-3-5-14(13)12-6-7-12/h2-5,8-9,12,20H,6-7,10H2,1H3. The summed E-state index contributed by atoms with van der Waals surface area (Å²) in [5.74, 6) is 0.776. The van der Waals surface area contributed by atoms with Gasteiger partial charge in [-0.2, -0.15) is 0 Å². The molecule has 2 aromatic rings. The number of rotatable bonds is 4. The normalized spacial score (nSPS) is 14.3.